The number of rotatable bonds is 5. The minimum atomic E-state index is -0.179. The maximum absolute atomic E-state index is 13.6. The number of nitrogens with one attached hydrogen (secondary N) is 1. The lowest BCUT2D eigenvalue weighted by atomic mass is 10.0. The number of halogens is 1. The molecule has 1 heterocycles. The molecule has 2 nitrogen and oxygen atoms in total. The highest BCUT2D eigenvalue weighted by Crippen LogP contribution is 2.29. The van der Waals surface area contributed by atoms with Gasteiger partial charge in [-0.15, -0.1) is 0 Å². The van der Waals surface area contributed by atoms with Crippen LogP contribution in [0.4, 0.5) is 4.39 Å². The Morgan fingerprint density at radius 3 is 2.83 bits per heavy atom. The molecule has 0 spiro atoms. The van der Waals surface area contributed by atoms with E-state index in [1.165, 1.54) is 6.07 Å². The van der Waals surface area contributed by atoms with Crippen molar-refractivity contribution in [2.45, 2.75) is 26.8 Å². The third kappa shape index (κ3) is 2.62. The molecule has 1 aromatic carbocycles. The molecular weight excluding hydrogens is 229 g/mol. The normalized spacial score (nSPS) is 10.8. The van der Waals surface area contributed by atoms with Crippen molar-refractivity contribution < 1.29 is 8.81 Å². The van der Waals surface area contributed by atoms with Gasteiger partial charge in [0.2, 0.25) is 0 Å². The van der Waals surface area contributed by atoms with E-state index in [0.29, 0.717) is 12.1 Å². The van der Waals surface area contributed by atoms with E-state index in [2.05, 4.69) is 12.2 Å². The summed E-state index contributed by atoms with van der Waals surface area (Å²) in [6, 6.07) is 7.03. The zero-order valence-electron chi connectivity index (χ0n) is 10.8. The lowest BCUT2D eigenvalue weighted by Crippen LogP contribution is -2.13. The van der Waals surface area contributed by atoms with E-state index in [0.717, 1.165) is 29.9 Å². The predicted molar refractivity (Wildman–Crippen MR) is 70.8 cm³/mol. The molecule has 2 aromatic rings. The van der Waals surface area contributed by atoms with Gasteiger partial charge in [0.05, 0.1) is 12.8 Å². The molecule has 0 aliphatic carbocycles. The summed E-state index contributed by atoms with van der Waals surface area (Å²) in [7, 11) is 0. The summed E-state index contributed by atoms with van der Waals surface area (Å²) in [6.45, 7) is 5.53. The van der Waals surface area contributed by atoms with Gasteiger partial charge in [0.1, 0.15) is 11.6 Å². The Balaban J connectivity index is 2.28. The molecule has 0 atom stereocenters. The molecule has 1 aromatic heterocycles. The summed E-state index contributed by atoms with van der Waals surface area (Å²) >= 11 is 0. The van der Waals surface area contributed by atoms with Crippen molar-refractivity contribution >= 4 is 0 Å². The third-order valence-electron chi connectivity index (χ3n) is 3.02. The predicted octanol–water partition coefficient (Wildman–Crippen LogP) is 3.89. The first-order chi connectivity index (χ1) is 8.74. The van der Waals surface area contributed by atoms with Gasteiger partial charge < -0.3 is 9.73 Å². The van der Waals surface area contributed by atoms with Gasteiger partial charge in [0.25, 0.3) is 0 Å². The molecule has 3 heteroatoms. The lowest BCUT2D eigenvalue weighted by molar-refractivity contribution is 0.484. The Bertz CT molecular complexity index is 519. The Hall–Kier alpha value is -1.61. The number of benzene rings is 1. The summed E-state index contributed by atoms with van der Waals surface area (Å²) in [5.41, 5.74) is 2.53. The van der Waals surface area contributed by atoms with Gasteiger partial charge in [0, 0.05) is 5.56 Å². The van der Waals surface area contributed by atoms with Crippen LogP contribution in [-0.4, -0.2) is 6.54 Å². The van der Waals surface area contributed by atoms with E-state index >= 15 is 0 Å². The van der Waals surface area contributed by atoms with Gasteiger partial charge in [0.15, 0.2) is 0 Å². The monoisotopic (exact) mass is 247 g/mol. The summed E-state index contributed by atoms with van der Waals surface area (Å²) in [6.07, 6.45) is 2.73. The highest BCUT2D eigenvalue weighted by molar-refractivity contribution is 5.69. The highest BCUT2D eigenvalue weighted by Gasteiger charge is 2.12. The van der Waals surface area contributed by atoms with Gasteiger partial charge in [-0.1, -0.05) is 19.1 Å². The van der Waals surface area contributed by atoms with Crippen LogP contribution in [0.25, 0.3) is 11.1 Å². The van der Waals surface area contributed by atoms with E-state index in [9.17, 15) is 4.39 Å². The van der Waals surface area contributed by atoms with E-state index in [1.54, 1.807) is 19.3 Å². The molecule has 2 rings (SSSR count). The second-order valence-electron chi connectivity index (χ2n) is 4.35. The molecule has 0 fully saturated rings. The van der Waals surface area contributed by atoms with Crippen LogP contribution in [0.5, 0.6) is 0 Å². The molecule has 0 amide bonds. The second kappa shape index (κ2) is 5.83. The smallest absolute Gasteiger partial charge is 0.126 e. The molecule has 0 saturated heterocycles. The Labute approximate surface area is 107 Å². The zero-order valence-corrected chi connectivity index (χ0v) is 10.8. The zero-order chi connectivity index (χ0) is 13.0. The quantitative estimate of drug-likeness (QED) is 0.811. The fourth-order valence-corrected chi connectivity index (χ4v) is 2.00. The molecular formula is C15H18FNO. The van der Waals surface area contributed by atoms with Gasteiger partial charge in [-0.25, -0.2) is 4.39 Å². The molecule has 0 bridgehead atoms. The van der Waals surface area contributed by atoms with Crippen LogP contribution in [0.3, 0.4) is 0 Å². The summed E-state index contributed by atoms with van der Waals surface area (Å²) < 4.78 is 19.0. The molecule has 0 radical (unpaired) electrons. The van der Waals surface area contributed by atoms with E-state index in [1.807, 2.05) is 12.1 Å². The maximum Gasteiger partial charge on any atom is 0.126 e. The number of hydrogen-bond donors (Lipinski definition) is 1. The van der Waals surface area contributed by atoms with Crippen LogP contribution < -0.4 is 5.32 Å². The minimum absolute atomic E-state index is 0.179. The molecule has 0 saturated carbocycles. The van der Waals surface area contributed by atoms with E-state index < -0.39 is 0 Å². The first-order valence-electron chi connectivity index (χ1n) is 6.26. The SMILES string of the molecule is CCCNCc1occc1-c1cccc(F)c1C. The average Bonchev–Trinajstić information content (AvgIpc) is 2.81. The van der Waals surface area contributed by atoms with Crippen LogP contribution in [0, 0.1) is 12.7 Å². The topological polar surface area (TPSA) is 25.2 Å². The van der Waals surface area contributed by atoms with Gasteiger partial charge in [-0.05, 0) is 43.1 Å². The van der Waals surface area contributed by atoms with E-state index in [4.69, 9.17) is 4.42 Å². The lowest BCUT2D eigenvalue weighted by Gasteiger charge is -2.07. The van der Waals surface area contributed by atoms with Crippen LogP contribution >= 0.6 is 0 Å². The Morgan fingerprint density at radius 2 is 2.06 bits per heavy atom. The van der Waals surface area contributed by atoms with E-state index in [-0.39, 0.29) is 5.82 Å². The summed E-state index contributed by atoms with van der Waals surface area (Å²) in [5, 5.41) is 3.29. The second-order valence-corrected chi connectivity index (χ2v) is 4.35. The maximum atomic E-state index is 13.6. The highest BCUT2D eigenvalue weighted by atomic mass is 19.1. The van der Waals surface area contributed by atoms with Crippen LogP contribution in [0.2, 0.25) is 0 Å². The molecule has 0 aliphatic heterocycles. The molecule has 1 N–H and O–H groups in total. The van der Waals surface area contributed by atoms with Crippen molar-refractivity contribution in [1.82, 2.24) is 5.32 Å². The molecule has 0 unspecified atom stereocenters. The van der Waals surface area contributed by atoms with Crippen LogP contribution in [-0.2, 0) is 6.54 Å². The van der Waals surface area contributed by atoms with Crippen molar-refractivity contribution in [2.75, 3.05) is 6.54 Å². The van der Waals surface area contributed by atoms with Gasteiger partial charge in [-0.3, -0.25) is 0 Å². The third-order valence-corrected chi connectivity index (χ3v) is 3.02. The minimum Gasteiger partial charge on any atom is -0.467 e. The standard InChI is InChI=1S/C15H18FNO/c1-3-8-17-10-15-13(7-9-18-15)12-5-4-6-14(16)11(12)2/h4-7,9,17H,3,8,10H2,1-2H3. The van der Waals surface area contributed by atoms with Crippen molar-refractivity contribution in [3.63, 3.8) is 0 Å². The first-order valence-corrected chi connectivity index (χ1v) is 6.26. The van der Waals surface area contributed by atoms with Crippen LogP contribution in [0.15, 0.2) is 34.9 Å². The number of hydrogen-bond acceptors (Lipinski definition) is 2. The molecule has 0 aliphatic rings. The largest absolute Gasteiger partial charge is 0.467 e. The fourth-order valence-electron chi connectivity index (χ4n) is 2.00. The van der Waals surface area contributed by atoms with Crippen LogP contribution in [0.1, 0.15) is 24.7 Å². The van der Waals surface area contributed by atoms with Crippen molar-refractivity contribution in [2.24, 2.45) is 0 Å². The number of furan rings is 1. The summed E-state index contributed by atoms with van der Waals surface area (Å²) in [4.78, 5) is 0. The molecule has 18 heavy (non-hydrogen) atoms. The van der Waals surface area contributed by atoms with Gasteiger partial charge in [-0.2, -0.15) is 0 Å². The Kier molecular flexibility index (Phi) is 4.15. The average molecular weight is 247 g/mol. The van der Waals surface area contributed by atoms with Gasteiger partial charge >= 0.3 is 0 Å². The first kappa shape index (κ1) is 12.8. The molecule has 96 valence electrons. The van der Waals surface area contributed by atoms with Crippen molar-refractivity contribution in [1.29, 1.82) is 0 Å². The van der Waals surface area contributed by atoms with Crippen molar-refractivity contribution in [3.05, 3.63) is 47.7 Å². The fraction of sp³-hybridized carbons (Fsp3) is 0.333. The summed E-state index contributed by atoms with van der Waals surface area (Å²) in [5.74, 6) is 0.679. The van der Waals surface area contributed by atoms with Crippen molar-refractivity contribution in [3.8, 4) is 11.1 Å². The Morgan fingerprint density at radius 1 is 1.22 bits per heavy atom.